The average molecular weight is 433 g/mol. The van der Waals surface area contributed by atoms with Gasteiger partial charge in [-0.2, -0.15) is 0 Å². The van der Waals surface area contributed by atoms with E-state index in [1.165, 1.54) is 0 Å². The summed E-state index contributed by atoms with van der Waals surface area (Å²) in [5, 5.41) is 9.16. The van der Waals surface area contributed by atoms with Crippen molar-refractivity contribution in [3.05, 3.63) is 59.1 Å². The molecule has 0 unspecified atom stereocenters. The van der Waals surface area contributed by atoms with Crippen molar-refractivity contribution < 1.29 is 19.1 Å². The van der Waals surface area contributed by atoms with Gasteiger partial charge in [0.25, 0.3) is 5.91 Å². The van der Waals surface area contributed by atoms with E-state index in [0.717, 1.165) is 11.8 Å². The Balaban J connectivity index is 1.62. The normalized spacial score (nSPS) is 17.4. The largest absolute Gasteiger partial charge is 0.497 e. The van der Waals surface area contributed by atoms with E-state index in [4.69, 9.17) is 16.3 Å². The number of amides is 3. The van der Waals surface area contributed by atoms with E-state index in [9.17, 15) is 14.4 Å². The molecule has 3 amide bonds. The smallest absolute Gasteiger partial charge is 0.271 e. The molecule has 1 aliphatic heterocycles. The maximum atomic E-state index is 12.5. The average Bonchev–Trinajstić information content (AvgIpc) is 2.72. The van der Waals surface area contributed by atoms with Crippen LogP contribution >= 0.6 is 23.4 Å². The van der Waals surface area contributed by atoms with Crippen molar-refractivity contribution in [3.8, 4) is 5.75 Å². The summed E-state index contributed by atoms with van der Waals surface area (Å²) in [6.07, 6.45) is -0.00317. The van der Waals surface area contributed by atoms with Crippen LogP contribution in [0.1, 0.15) is 16.8 Å². The van der Waals surface area contributed by atoms with E-state index in [1.54, 1.807) is 55.6 Å². The second kappa shape index (κ2) is 9.44. The van der Waals surface area contributed by atoms with Gasteiger partial charge in [-0.15, -0.1) is 5.10 Å². The minimum atomic E-state index is -0.683. The van der Waals surface area contributed by atoms with Crippen LogP contribution in [0.2, 0.25) is 5.02 Å². The Morgan fingerprint density at radius 2 is 1.86 bits per heavy atom. The Hall–Kier alpha value is -3.04. The second-order valence-electron chi connectivity index (χ2n) is 5.94. The van der Waals surface area contributed by atoms with Crippen molar-refractivity contribution in [2.45, 2.75) is 11.7 Å². The van der Waals surface area contributed by atoms with Crippen LogP contribution in [0.5, 0.6) is 5.75 Å². The van der Waals surface area contributed by atoms with Crippen molar-refractivity contribution in [2.24, 2.45) is 5.10 Å². The minimum Gasteiger partial charge on any atom is -0.497 e. The van der Waals surface area contributed by atoms with E-state index in [-0.39, 0.29) is 23.4 Å². The van der Waals surface area contributed by atoms with Crippen LogP contribution in [-0.2, 0) is 9.59 Å². The van der Waals surface area contributed by atoms with Gasteiger partial charge in [0.1, 0.15) is 11.0 Å². The number of carbonyl (C=O) groups is 3. The second-order valence-corrected chi connectivity index (χ2v) is 7.57. The molecule has 1 heterocycles. The first-order valence-corrected chi connectivity index (χ1v) is 9.75. The molecule has 2 aromatic rings. The fourth-order valence-electron chi connectivity index (χ4n) is 2.41. The zero-order valence-electron chi connectivity index (χ0n) is 15.3. The summed E-state index contributed by atoms with van der Waals surface area (Å²) in [7, 11) is 1.55. The van der Waals surface area contributed by atoms with Gasteiger partial charge in [-0.1, -0.05) is 23.4 Å². The Morgan fingerprint density at radius 3 is 2.52 bits per heavy atom. The highest BCUT2D eigenvalue weighted by atomic mass is 35.5. The highest BCUT2D eigenvalue weighted by Gasteiger charge is 2.30. The van der Waals surface area contributed by atoms with Crippen LogP contribution in [0.15, 0.2) is 53.6 Å². The summed E-state index contributed by atoms with van der Waals surface area (Å²) in [5.41, 5.74) is 3.30. The summed E-state index contributed by atoms with van der Waals surface area (Å²) in [6.45, 7) is 0. The van der Waals surface area contributed by atoms with Crippen molar-refractivity contribution >= 4 is 51.9 Å². The lowest BCUT2D eigenvalue weighted by Crippen LogP contribution is -2.42. The highest BCUT2D eigenvalue weighted by molar-refractivity contribution is 8.15. The standard InChI is InChI=1S/C19H17ClN4O4S/c1-28-14-8-6-13(7-9-14)21-18(27)15-10-16(25)22-19(29-15)24-23-17(26)11-2-4-12(20)5-3-11/h2-9,15H,10H2,1H3,(H,21,27)(H,23,26)(H,22,24,25)/t15-/m0/s1. The number of nitrogens with one attached hydrogen (secondary N) is 3. The predicted octanol–water partition coefficient (Wildman–Crippen LogP) is 2.61. The molecular weight excluding hydrogens is 416 g/mol. The van der Waals surface area contributed by atoms with E-state index < -0.39 is 11.2 Å². The van der Waals surface area contributed by atoms with Crippen LogP contribution < -0.4 is 20.8 Å². The number of carbonyl (C=O) groups excluding carboxylic acids is 3. The first-order valence-electron chi connectivity index (χ1n) is 8.49. The van der Waals surface area contributed by atoms with Crippen LogP contribution in [0.3, 0.4) is 0 Å². The van der Waals surface area contributed by atoms with Gasteiger partial charge in [-0.05, 0) is 48.5 Å². The van der Waals surface area contributed by atoms with E-state index in [0.29, 0.717) is 22.0 Å². The van der Waals surface area contributed by atoms with Gasteiger partial charge in [-0.3, -0.25) is 14.4 Å². The molecule has 0 radical (unpaired) electrons. The number of hydrazone groups is 1. The zero-order chi connectivity index (χ0) is 20.8. The lowest BCUT2D eigenvalue weighted by molar-refractivity contribution is -0.123. The van der Waals surface area contributed by atoms with Gasteiger partial charge in [0.2, 0.25) is 11.8 Å². The molecule has 0 aliphatic carbocycles. The van der Waals surface area contributed by atoms with Gasteiger partial charge in [-0.25, -0.2) is 5.43 Å². The van der Waals surface area contributed by atoms with Gasteiger partial charge >= 0.3 is 0 Å². The van der Waals surface area contributed by atoms with Gasteiger partial charge in [0.05, 0.1) is 7.11 Å². The number of halogens is 1. The number of thioether (sulfide) groups is 1. The maximum absolute atomic E-state index is 12.5. The number of amidine groups is 1. The molecule has 0 saturated carbocycles. The molecule has 1 saturated heterocycles. The summed E-state index contributed by atoms with van der Waals surface area (Å²) in [6, 6.07) is 13.1. The molecule has 10 heteroatoms. The van der Waals surface area contributed by atoms with Crippen LogP contribution in [0, 0.1) is 0 Å². The lowest BCUT2D eigenvalue weighted by Gasteiger charge is -2.22. The number of hydrogen-bond acceptors (Lipinski definition) is 6. The van der Waals surface area contributed by atoms with Crippen molar-refractivity contribution in [2.75, 3.05) is 12.4 Å². The molecule has 8 nitrogen and oxygen atoms in total. The lowest BCUT2D eigenvalue weighted by atomic mass is 10.2. The predicted molar refractivity (Wildman–Crippen MR) is 112 cm³/mol. The number of methoxy groups -OCH3 is 1. The molecule has 0 spiro atoms. The minimum absolute atomic E-state index is 0.00317. The third-order valence-electron chi connectivity index (χ3n) is 3.89. The Kier molecular flexibility index (Phi) is 6.73. The molecule has 2 aromatic carbocycles. The van der Waals surface area contributed by atoms with E-state index in [2.05, 4.69) is 21.2 Å². The zero-order valence-corrected chi connectivity index (χ0v) is 16.8. The van der Waals surface area contributed by atoms with Crippen molar-refractivity contribution in [3.63, 3.8) is 0 Å². The quantitative estimate of drug-likeness (QED) is 0.629. The number of ether oxygens (including phenoxy) is 1. The molecule has 150 valence electrons. The Labute approximate surface area is 176 Å². The Morgan fingerprint density at radius 1 is 1.17 bits per heavy atom. The van der Waals surface area contributed by atoms with Crippen LogP contribution in [0.4, 0.5) is 5.69 Å². The SMILES string of the molecule is COc1ccc(NC(=O)[C@@H]2CC(=O)NC(=NNC(=O)c3ccc(Cl)cc3)S2)cc1. The van der Waals surface area contributed by atoms with Crippen molar-refractivity contribution in [1.29, 1.82) is 0 Å². The molecule has 1 atom stereocenters. The summed E-state index contributed by atoms with van der Waals surface area (Å²) in [5.74, 6) is -0.501. The number of benzene rings is 2. The highest BCUT2D eigenvalue weighted by Crippen LogP contribution is 2.23. The molecule has 3 rings (SSSR count). The maximum Gasteiger partial charge on any atom is 0.271 e. The van der Waals surface area contributed by atoms with E-state index >= 15 is 0 Å². The van der Waals surface area contributed by atoms with Crippen LogP contribution in [-0.4, -0.2) is 35.2 Å². The number of rotatable bonds is 5. The third kappa shape index (κ3) is 5.72. The summed E-state index contributed by atoms with van der Waals surface area (Å²) < 4.78 is 5.08. The number of nitrogens with zero attached hydrogens (tertiary/aromatic N) is 1. The van der Waals surface area contributed by atoms with Gasteiger partial charge < -0.3 is 15.4 Å². The molecular formula is C19H17ClN4O4S. The number of anilines is 1. The number of hydrogen-bond donors (Lipinski definition) is 3. The first kappa shape index (κ1) is 20.7. The molecule has 1 aliphatic rings. The molecule has 29 heavy (non-hydrogen) atoms. The van der Waals surface area contributed by atoms with Gasteiger partial charge in [0, 0.05) is 22.7 Å². The van der Waals surface area contributed by atoms with Crippen molar-refractivity contribution in [1.82, 2.24) is 10.7 Å². The molecule has 0 aromatic heterocycles. The monoisotopic (exact) mass is 432 g/mol. The fraction of sp³-hybridized carbons (Fsp3) is 0.158. The fourth-order valence-corrected chi connectivity index (χ4v) is 3.48. The summed E-state index contributed by atoms with van der Waals surface area (Å²) >= 11 is 6.85. The van der Waals surface area contributed by atoms with Gasteiger partial charge in [0.15, 0.2) is 5.17 Å². The molecule has 0 bridgehead atoms. The molecule has 1 fully saturated rings. The summed E-state index contributed by atoms with van der Waals surface area (Å²) in [4.78, 5) is 36.6. The van der Waals surface area contributed by atoms with Crippen LogP contribution in [0.25, 0.3) is 0 Å². The first-order chi connectivity index (χ1) is 13.9. The Bertz CT molecular complexity index is 948. The van der Waals surface area contributed by atoms with E-state index in [1.807, 2.05) is 0 Å². The topological polar surface area (TPSA) is 109 Å². The third-order valence-corrected chi connectivity index (χ3v) is 5.22. The molecule has 3 N–H and O–H groups in total.